The molecule has 2 N–H and O–H groups in total. The average Bonchev–Trinajstić information content (AvgIpc) is 3.00. The van der Waals surface area contributed by atoms with E-state index >= 15 is 0 Å². The summed E-state index contributed by atoms with van der Waals surface area (Å²) in [5.41, 5.74) is 1.63. The highest BCUT2D eigenvalue weighted by Crippen LogP contribution is 2.12. The fourth-order valence-electron chi connectivity index (χ4n) is 1.92. The van der Waals surface area contributed by atoms with E-state index in [2.05, 4.69) is 15.5 Å². The number of nitrogens with zero attached hydrogens (tertiary/aromatic N) is 1. The lowest BCUT2D eigenvalue weighted by Crippen LogP contribution is -2.35. The maximum atomic E-state index is 11.9. The zero-order valence-electron chi connectivity index (χ0n) is 11.5. The molecule has 2 rings (SSSR count). The third kappa shape index (κ3) is 4.03. The van der Waals surface area contributed by atoms with Crippen molar-refractivity contribution in [3.8, 4) is 0 Å². The minimum absolute atomic E-state index is 0.0587. The van der Waals surface area contributed by atoms with Gasteiger partial charge in [-0.25, -0.2) is 0 Å². The number of hydrogen-bond donors (Lipinski definition) is 2. The second kappa shape index (κ2) is 6.47. The zero-order valence-corrected chi connectivity index (χ0v) is 12.3. The van der Waals surface area contributed by atoms with Crippen LogP contribution < -0.4 is 5.32 Å². The van der Waals surface area contributed by atoms with Crippen LogP contribution in [-0.2, 0) is 11.2 Å². The molecule has 0 saturated heterocycles. The summed E-state index contributed by atoms with van der Waals surface area (Å²) in [6, 6.07) is 5.30. The van der Waals surface area contributed by atoms with Crippen molar-refractivity contribution >= 4 is 23.0 Å². The fraction of sp³-hybridized carbons (Fsp3) is 0.357. The van der Waals surface area contributed by atoms with Crippen LogP contribution in [0.2, 0.25) is 0 Å². The Morgan fingerprint density at radius 2 is 2.30 bits per heavy atom. The van der Waals surface area contributed by atoms with Gasteiger partial charge in [0.05, 0.1) is 17.0 Å². The highest BCUT2D eigenvalue weighted by Gasteiger charge is 2.15. The molecule has 0 unspecified atom stereocenters. The summed E-state index contributed by atoms with van der Waals surface area (Å²) in [6.45, 7) is 3.72. The molecule has 0 aliphatic rings. The number of aromatic amines is 1. The van der Waals surface area contributed by atoms with E-state index in [0.717, 1.165) is 10.6 Å². The molecule has 5 nitrogen and oxygen atoms in total. The number of H-pyrrole nitrogens is 1. The summed E-state index contributed by atoms with van der Waals surface area (Å²) in [6.07, 6.45) is 0.535. The summed E-state index contributed by atoms with van der Waals surface area (Å²) in [5, 5.41) is 11.5. The molecule has 2 heterocycles. The molecule has 0 saturated carbocycles. The van der Waals surface area contributed by atoms with Crippen LogP contribution in [0.3, 0.4) is 0 Å². The number of hydrogen-bond acceptors (Lipinski definition) is 4. The predicted molar refractivity (Wildman–Crippen MR) is 77.9 cm³/mol. The van der Waals surface area contributed by atoms with Crippen molar-refractivity contribution in [1.82, 2.24) is 15.5 Å². The molecule has 1 atom stereocenters. The number of carbonyl (C=O) groups excluding carboxylic acids is 2. The lowest BCUT2D eigenvalue weighted by atomic mass is 10.1. The topological polar surface area (TPSA) is 74.8 Å². The Bertz CT molecular complexity index is 589. The van der Waals surface area contributed by atoms with Crippen LogP contribution in [-0.4, -0.2) is 27.9 Å². The Hall–Kier alpha value is -1.95. The molecule has 1 amide bonds. The SMILES string of the molecule is Cc1cc(CC(=O)N[C@H](C)CC(=O)c2cccs2)n[nH]1. The fourth-order valence-corrected chi connectivity index (χ4v) is 2.60. The van der Waals surface area contributed by atoms with Gasteiger partial charge in [-0.1, -0.05) is 6.07 Å². The van der Waals surface area contributed by atoms with Crippen LogP contribution in [0.25, 0.3) is 0 Å². The number of carbonyl (C=O) groups is 2. The van der Waals surface area contributed by atoms with Crippen LogP contribution in [0.4, 0.5) is 0 Å². The third-order valence-corrected chi connectivity index (χ3v) is 3.71. The first-order valence-corrected chi connectivity index (χ1v) is 7.29. The minimum atomic E-state index is -0.183. The first-order chi connectivity index (χ1) is 9.54. The van der Waals surface area contributed by atoms with Crippen LogP contribution >= 0.6 is 11.3 Å². The predicted octanol–water partition coefficient (Wildman–Crippen LogP) is 2.10. The van der Waals surface area contributed by atoms with Crippen LogP contribution in [0.1, 0.15) is 34.4 Å². The van der Waals surface area contributed by atoms with Gasteiger partial charge in [0.15, 0.2) is 5.78 Å². The van der Waals surface area contributed by atoms with Crippen molar-refractivity contribution in [3.63, 3.8) is 0 Å². The summed E-state index contributed by atoms with van der Waals surface area (Å²) < 4.78 is 0. The van der Waals surface area contributed by atoms with Crippen LogP contribution in [0, 0.1) is 6.92 Å². The number of nitrogens with one attached hydrogen (secondary N) is 2. The Labute approximate surface area is 121 Å². The number of aryl methyl sites for hydroxylation is 1. The Kier molecular flexibility index (Phi) is 4.68. The van der Waals surface area contributed by atoms with Gasteiger partial charge in [-0.05, 0) is 31.4 Å². The zero-order chi connectivity index (χ0) is 14.5. The number of aromatic nitrogens is 2. The minimum Gasteiger partial charge on any atom is -0.353 e. The number of rotatable bonds is 6. The van der Waals surface area contributed by atoms with E-state index in [1.54, 1.807) is 6.07 Å². The smallest absolute Gasteiger partial charge is 0.226 e. The van der Waals surface area contributed by atoms with Gasteiger partial charge in [-0.3, -0.25) is 14.7 Å². The Morgan fingerprint density at radius 1 is 1.50 bits per heavy atom. The maximum Gasteiger partial charge on any atom is 0.226 e. The van der Waals surface area contributed by atoms with E-state index in [0.29, 0.717) is 12.1 Å². The van der Waals surface area contributed by atoms with Gasteiger partial charge < -0.3 is 5.32 Å². The molecule has 0 aromatic carbocycles. The second-order valence-electron chi connectivity index (χ2n) is 4.79. The second-order valence-corrected chi connectivity index (χ2v) is 5.74. The van der Waals surface area contributed by atoms with Crippen molar-refractivity contribution in [2.75, 3.05) is 0 Å². The first-order valence-electron chi connectivity index (χ1n) is 6.41. The van der Waals surface area contributed by atoms with Crippen molar-refractivity contribution in [2.24, 2.45) is 0 Å². The monoisotopic (exact) mass is 291 g/mol. The van der Waals surface area contributed by atoms with Crippen molar-refractivity contribution < 1.29 is 9.59 Å². The molecule has 0 radical (unpaired) electrons. The lowest BCUT2D eigenvalue weighted by molar-refractivity contribution is -0.121. The molecule has 0 bridgehead atoms. The standard InChI is InChI=1S/C14H17N3O2S/c1-9(7-12(18)13-4-3-5-20-13)15-14(19)8-11-6-10(2)16-17-11/h3-6,9H,7-8H2,1-2H3,(H,15,19)(H,16,17)/t9-/m1/s1. The summed E-state index contributed by atoms with van der Waals surface area (Å²) in [4.78, 5) is 24.5. The molecular formula is C14H17N3O2S. The normalized spacial score (nSPS) is 12.1. The Balaban J connectivity index is 1.80. The molecule has 0 fully saturated rings. The van der Waals surface area contributed by atoms with E-state index < -0.39 is 0 Å². The average molecular weight is 291 g/mol. The molecule has 106 valence electrons. The molecule has 0 spiro atoms. The van der Waals surface area contributed by atoms with Crippen LogP contribution in [0.5, 0.6) is 0 Å². The highest BCUT2D eigenvalue weighted by atomic mass is 32.1. The maximum absolute atomic E-state index is 11.9. The van der Waals surface area contributed by atoms with Crippen LogP contribution in [0.15, 0.2) is 23.6 Å². The van der Waals surface area contributed by atoms with E-state index in [9.17, 15) is 9.59 Å². The largest absolute Gasteiger partial charge is 0.353 e. The van der Waals surface area contributed by atoms with Gasteiger partial charge in [0.1, 0.15) is 0 Å². The number of thiophene rings is 1. The van der Waals surface area contributed by atoms with E-state index in [4.69, 9.17) is 0 Å². The van der Waals surface area contributed by atoms with Crippen molar-refractivity contribution in [1.29, 1.82) is 0 Å². The van der Waals surface area contributed by atoms with Gasteiger partial charge >= 0.3 is 0 Å². The molecule has 2 aromatic rings. The molecule has 6 heteroatoms. The molecule has 20 heavy (non-hydrogen) atoms. The Morgan fingerprint density at radius 3 is 2.90 bits per heavy atom. The van der Waals surface area contributed by atoms with Crippen molar-refractivity contribution in [2.45, 2.75) is 32.7 Å². The van der Waals surface area contributed by atoms with E-state index in [1.165, 1.54) is 11.3 Å². The molecular weight excluding hydrogens is 274 g/mol. The van der Waals surface area contributed by atoms with Gasteiger partial charge in [0.25, 0.3) is 0 Å². The number of amides is 1. The number of ketones is 1. The highest BCUT2D eigenvalue weighted by molar-refractivity contribution is 7.12. The molecule has 0 aliphatic carbocycles. The van der Waals surface area contributed by atoms with Gasteiger partial charge in [0.2, 0.25) is 5.91 Å². The van der Waals surface area contributed by atoms with Gasteiger partial charge in [-0.2, -0.15) is 5.10 Å². The quantitative estimate of drug-likeness (QED) is 0.800. The lowest BCUT2D eigenvalue weighted by Gasteiger charge is -2.12. The molecule has 2 aromatic heterocycles. The summed E-state index contributed by atoms with van der Waals surface area (Å²) in [7, 11) is 0. The van der Waals surface area contributed by atoms with E-state index in [1.807, 2.05) is 31.4 Å². The summed E-state index contributed by atoms with van der Waals surface area (Å²) >= 11 is 1.42. The molecule has 0 aliphatic heterocycles. The first kappa shape index (κ1) is 14.5. The van der Waals surface area contributed by atoms with Gasteiger partial charge in [-0.15, -0.1) is 11.3 Å². The summed E-state index contributed by atoms with van der Waals surface area (Å²) in [5.74, 6) is -0.0635. The van der Waals surface area contributed by atoms with E-state index in [-0.39, 0.29) is 24.2 Å². The third-order valence-electron chi connectivity index (χ3n) is 2.80. The number of Topliss-reactive ketones (excluding diaryl/α,β-unsaturated/α-hetero) is 1. The van der Waals surface area contributed by atoms with Gasteiger partial charge in [0, 0.05) is 18.2 Å². The van der Waals surface area contributed by atoms with Crippen molar-refractivity contribution in [3.05, 3.63) is 39.8 Å².